The van der Waals surface area contributed by atoms with E-state index in [2.05, 4.69) is 15.3 Å². The number of nitrogens with one attached hydrogen (secondary N) is 1. The summed E-state index contributed by atoms with van der Waals surface area (Å²) in [5.74, 6) is -1.32. The highest BCUT2D eigenvalue weighted by Crippen LogP contribution is 2.21. The van der Waals surface area contributed by atoms with Gasteiger partial charge in [-0.3, -0.25) is 0 Å². The maximum absolute atomic E-state index is 13.3. The Bertz CT molecular complexity index is 639. The zero-order valence-corrected chi connectivity index (χ0v) is 11.2. The molecule has 1 aromatic heterocycles. The average Bonchev–Trinajstić information content (AvgIpc) is 3.23. The third-order valence-electron chi connectivity index (χ3n) is 3.23. The molecular weight excluding hydrogens is 260 g/mol. The van der Waals surface area contributed by atoms with Crippen LogP contribution < -0.4 is 5.32 Å². The van der Waals surface area contributed by atoms with E-state index in [0.717, 1.165) is 23.5 Å². The van der Waals surface area contributed by atoms with E-state index in [1.807, 2.05) is 13.0 Å². The van der Waals surface area contributed by atoms with Gasteiger partial charge >= 0.3 is 0 Å². The lowest BCUT2D eigenvalue weighted by atomic mass is 10.2. The molecule has 0 radical (unpaired) electrons. The minimum Gasteiger partial charge on any atom is -0.308 e. The second kappa shape index (κ2) is 5.25. The Kier molecular flexibility index (Phi) is 3.44. The molecular formula is C15H15F2N3. The summed E-state index contributed by atoms with van der Waals surface area (Å²) in [6.07, 6.45) is 2.42. The summed E-state index contributed by atoms with van der Waals surface area (Å²) in [7, 11) is 0. The molecule has 3 rings (SSSR count). The summed E-state index contributed by atoms with van der Waals surface area (Å²) >= 11 is 0. The predicted molar refractivity (Wildman–Crippen MR) is 72.0 cm³/mol. The number of nitrogens with zero attached hydrogens (tertiary/aromatic N) is 2. The monoisotopic (exact) mass is 275 g/mol. The fourth-order valence-electron chi connectivity index (χ4n) is 2.02. The standard InChI is InChI=1S/C15H15F2N3/c1-9-6-12(8-18-11-3-4-11)20-15(19-9)10-2-5-13(16)14(17)7-10/h2,5-7,11,18H,3-4,8H2,1H3. The van der Waals surface area contributed by atoms with E-state index in [9.17, 15) is 8.78 Å². The number of aromatic nitrogens is 2. The zero-order valence-electron chi connectivity index (χ0n) is 11.2. The van der Waals surface area contributed by atoms with Crippen LogP contribution in [0.2, 0.25) is 0 Å². The van der Waals surface area contributed by atoms with Crippen molar-refractivity contribution in [3.63, 3.8) is 0 Å². The number of hydrogen-bond acceptors (Lipinski definition) is 3. The summed E-state index contributed by atoms with van der Waals surface area (Å²) in [6, 6.07) is 6.21. The van der Waals surface area contributed by atoms with E-state index in [-0.39, 0.29) is 0 Å². The van der Waals surface area contributed by atoms with E-state index in [1.54, 1.807) is 0 Å². The molecule has 0 bridgehead atoms. The minimum absolute atomic E-state index is 0.427. The van der Waals surface area contributed by atoms with Gasteiger partial charge < -0.3 is 5.32 Å². The van der Waals surface area contributed by atoms with E-state index in [4.69, 9.17) is 0 Å². The second-order valence-electron chi connectivity index (χ2n) is 5.11. The van der Waals surface area contributed by atoms with Gasteiger partial charge in [-0.05, 0) is 44.0 Å². The van der Waals surface area contributed by atoms with Crippen LogP contribution in [0, 0.1) is 18.6 Å². The van der Waals surface area contributed by atoms with Gasteiger partial charge in [0.1, 0.15) is 0 Å². The van der Waals surface area contributed by atoms with Gasteiger partial charge in [0.15, 0.2) is 17.5 Å². The van der Waals surface area contributed by atoms with Gasteiger partial charge in [0, 0.05) is 23.8 Å². The second-order valence-corrected chi connectivity index (χ2v) is 5.11. The van der Waals surface area contributed by atoms with Gasteiger partial charge in [-0.25, -0.2) is 18.7 Å². The Hall–Kier alpha value is -1.88. The van der Waals surface area contributed by atoms with Crippen LogP contribution in [0.25, 0.3) is 11.4 Å². The molecule has 1 fully saturated rings. The lowest BCUT2D eigenvalue weighted by Gasteiger charge is -2.07. The summed E-state index contributed by atoms with van der Waals surface area (Å²) in [5, 5.41) is 3.37. The number of aryl methyl sites for hydroxylation is 1. The molecule has 0 unspecified atom stereocenters. The van der Waals surface area contributed by atoms with Crippen molar-refractivity contribution in [2.75, 3.05) is 0 Å². The Morgan fingerprint density at radius 3 is 2.65 bits per heavy atom. The fraction of sp³-hybridized carbons (Fsp3) is 0.333. The quantitative estimate of drug-likeness (QED) is 0.932. The maximum Gasteiger partial charge on any atom is 0.159 e. The number of halogens is 2. The molecule has 1 aromatic carbocycles. The van der Waals surface area contributed by atoms with Gasteiger partial charge in [0.05, 0.1) is 5.69 Å². The van der Waals surface area contributed by atoms with E-state index in [1.165, 1.54) is 18.9 Å². The Labute approximate surface area is 116 Å². The van der Waals surface area contributed by atoms with Gasteiger partial charge in [-0.15, -0.1) is 0 Å². The molecule has 1 aliphatic carbocycles. The highest BCUT2D eigenvalue weighted by Gasteiger charge is 2.20. The van der Waals surface area contributed by atoms with Crippen LogP contribution >= 0.6 is 0 Å². The van der Waals surface area contributed by atoms with Gasteiger partial charge in [-0.2, -0.15) is 0 Å². The summed E-state index contributed by atoms with van der Waals surface area (Å²) in [6.45, 7) is 2.54. The lowest BCUT2D eigenvalue weighted by Crippen LogP contribution is -2.16. The highest BCUT2D eigenvalue weighted by atomic mass is 19.2. The first-order valence-electron chi connectivity index (χ1n) is 6.65. The number of benzene rings is 1. The molecule has 1 N–H and O–H groups in total. The zero-order chi connectivity index (χ0) is 14.1. The minimum atomic E-state index is -0.884. The molecule has 0 aliphatic heterocycles. The van der Waals surface area contributed by atoms with Gasteiger partial charge in [-0.1, -0.05) is 0 Å². The fourth-order valence-corrected chi connectivity index (χ4v) is 2.02. The van der Waals surface area contributed by atoms with Crippen molar-refractivity contribution in [1.29, 1.82) is 0 Å². The molecule has 2 aromatic rings. The van der Waals surface area contributed by atoms with E-state index >= 15 is 0 Å². The smallest absolute Gasteiger partial charge is 0.159 e. The van der Waals surface area contributed by atoms with Gasteiger partial charge in [0.2, 0.25) is 0 Å². The highest BCUT2D eigenvalue weighted by molar-refractivity contribution is 5.55. The van der Waals surface area contributed by atoms with Crippen LogP contribution in [-0.4, -0.2) is 16.0 Å². The first-order chi connectivity index (χ1) is 9.61. The van der Waals surface area contributed by atoms with Crippen molar-refractivity contribution in [3.05, 3.63) is 47.3 Å². The van der Waals surface area contributed by atoms with Crippen LogP contribution in [0.4, 0.5) is 8.78 Å². The normalized spacial score (nSPS) is 14.6. The van der Waals surface area contributed by atoms with Crippen LogP contribution in [0.1, 0.15) is 24.2 Å². The topological polar surface area (TPSA) is 37.8 Å². The Balaban J connectivity index is 1.88. The third kappa shape index (κ3) is 2.99. The molecule has 0 spiro atoms. The first kappa shape index (κ1) is 13.1. The van der Waals surface area contributed by atoms with Crippen molar-refractivity contribution in [3.8, 4) is 11.4 Å². The van der Waals surface area contributed by atoms with Crippen LogP contribution in [0.5, 0.6) is 0 Å². The van der Waals surface area contributed by atoms with Gasteiger partial charge in [0.25, 0.3) is 0 Å². The van der Waals surface area contributed by atoms with Crippen molar-refractivity contribution in [1.82, 2.24) is 15.3 Å². The average molecular weight is 275 g/mol. The molecule has 104 valence electrons. The van der Waals surface area contributed by atoms with Crippen LogP contribution in [0.15, 0.2) is 24.3 Å². The van der Waals surface area contributed by atoms with Crippen molar-refractivity contribution >= 4 is 0 Å². The molecule has 5 heteroatoms. The Morgan fingerprint density at radius 1 is 1.15 bits per heavy atom. The SMILES string of the molecule is Cc1cc(CNC2CC2)nc(-c2ccc(F)c(F)c2)n1. The van der Waals surface area contributed by atoms with Crippen molar-refractivity contribution < 1.29 is 8.78 Å². The van der Waals surface area contributed by atoms with Crippen LogP contribution in [-0.2, 0) is 6.54 Å². The van der Waals surface area contributed by atoms with Crippen LogP contribution in [0.3, 0.4) is 0 Å². The largest absolute Gasteiger partial charge is 0.308 e. The molecule has 3 nitrogen and oxygen atoms in total. The maximum atomic E-state index is 13.3. The predicted octanol–water partition coefficient (Wildman–Crippen LogP) is 2.98. The number of hydrogen-bond donors (Lipinski definition) is 1. The summed E-state index contributed by atoms with van der Waals surface area (Å²) in [4.78, 5) is 8.70. The summed E-state index contributed by atoms with van der Waals surface area (Å²) < 4.78 is 26.2. The summed E-state index contributed by atoms with van der Waals surface area (Å²) in [5.41, 5.74) is 2.16. The molecule has 1 heterocycles. The lowest BCUT2D eigenvalue weighted by molar-refractivity contribution is 0.509. The van der Waals surface area contributed by atoms with E-state index in [0.29, 0.717) is 24.0 Å². The first-order valence-corrected chi connectivity index (χ1v) is 6.65. The molecule has 0 atom stereocenters. The molecule has 1 saturated carbocycles. The molecule has 20 heavy (non-hydrogen) atoms. The molecule has 1 aliphatic rings. The molecule has 0 saturated heterocycles. The molecule has 0 amide bonds. The Morgan fingerprint density at radius 2 is 1.95 bits per heavy atom. The van der Waals surface area contributed by atoms with Crippen molar-refractivity contribution in [2.24, 2.45) is 0 Å². The van der Waals surface area contributed by atoms with Crippen molar-refractivity contribution in [2.45, 2.75) is 32.4 Å². The van der Waals surface area contributed by atoms with E-state index < -0.39 is 11.6 Å². The third-order valence-corrected chi connectivity index (χ3v) is 3.23. The number of rotatable bonds is 4.